The van der Waals surface area contributed by atoms with Crippen LogP contribution in [-0.4, -0.2) is 5.78 Å². The molecule has 3 aromatic rings. The zero-order chi connectivity index (χ0) is 14.1. The molecule has 20 heavy (non-hydrogen) atoms. The molecule has 2 aromatic carbocycles. The number of thiophene rings is 1. The maximum Gasteiger partial charge on any atom is 0.168 e. The van der Waals surface area contributed by atoms with Crippen molar-refractivity contribution in [2.75, 3.05) is 0 Å². The number of hydrogen-bond acceptors (Lipinski definition) is 2. The summed E-state index contributed by atoms with van der Waals surface area (Å²) in [6, 6.07) is 11.9. The molecule has 0 aliphatic carbocycles. The summed E-state index contributed by atoms with van der Waals surface area (Å²) < 4.78 is 14.9. The van der Waals surface area contributed by atoms with Gasteiger partial charge in [0, 0.05) is 31.9 Å². The van der Waals surface area contributed by atoms with Crippen molar-refractivity contribution < 1.29 is 9.18 Å². The molecule has 0 fully saturated rings. The van der Waals surface area contributed by atoms with Gasteiger partial charge in [-0.2, -0.15) is 0 Å². The molecule has 1 heterocycles. The van der Waals surface area contributed by atoms with Gasteiger partial charge in [-0.25, -0.2) is 4.39 Å². The van der Waals surface area contributed by atoms with E-state index in [-0.39, 0.29) is 11.6 Å². The first kappa shape index (κ1) is 13.5. The molecule has 0 aliphatic rings. The minimum Gasteiger partial charge on any atom is -0.294 e. The van der Waals surface area contributed by atoms with Crippen LogP contribution in [0.5, 0.6) is 0 Å². The Morgan fingerprint density at radius 1 is 1.15 bits per heavy atom. The van der Waals surface area contributed by atoms with Crippen molar-refractivity contribution in [1.29, 1.82) is 0 Å². The molecule has 1 aromatic heterocycles. The lowest BCUT2D eigenvalue weighted by Crippen LogP contribution is -2.02. The van der Waals surface area contributed by atoms with Crippen molar-refractivity contribution in [3.63, 3.8) is 0 Å². The van der Waals surface area contributed by atoms with Gasteiger partial charge < -0.3 is 0 Å². The molecule has 0 amide bonds. The summed E-state index contributed by atoms with van der Waals surface area (Å²) >= 11 is 5.05. The van der Waals surface area contributed by atoms with Gasteiger partial charge >= 0.3 is 0 Å². The van der Waals surface area contributed by atoms with Crippen LogP contribution in [-0.2, 0) is 6.42 Å². The van der Waals surface area contributed by atoms with Gasteiger partial charge in [0.1, 0.15) is 5.82 Å². The number of Topliss-reactive ketones (excluding diaryl/α,β-unsaturated/α-hetero) is 1. The Kier molecular flexibility index (Phi) is 3.68. The van der Waals surface area contributed by atoms with Crippen LogP contribution in [0.2, 0.25) is 0 Å². The van der Waals surface area contributed by atoms with Crippen molar-refractivity contribution >= 4 is 43.1 Å². The molecule has 0 atom stereocenters. The van der Waals surface area contributed by atoms with Gasteiger partial charge in [-0.05, 0) is 39.7 Å². The lowest BCUT2D eigenvalue weighted by Gasteiger charge is -2.01. The molecule has 0 radical (unpaired) electrons. The van der Waals surface area contributed by atoms with Crippen molar-refractivity contribution in [3.8, 4) is 0 Å². The summed E-state index contributed by atoms with van der Waals surface area (Å²) in [6.45, 7) is 0. The number of hydrogen-bond donors (Lipinski definition) is 0. The second-order valence-corrected chi connectivity index (χ2v) is 6.23. The lowest BCUT2D eigenvalue weighted by molar-refractivity contribution is 0.0995. The minimum atomic E-state index is -0.286. The van der Waals surface area contributed by atoms with E-state index in [1.807, 2.05) is 23.6 Å². The number of halogens is 2. The highest BCUT2D eigenvalue weighted by Gasteiger charge is 2.14. The van der Waals surface area contributed by atoms with Crippen LogP contribution in [0.3, 0.4) is 0 Å². The highest BCUT2D eigenvalue weighted by Crippen LogP contribution is 2.32. The monoisotopic (exact) mass is 348 g/mol. The maximum absolute atomic E-state index is 12.9. The first-order chi connectivity index (χ1) is 9.65. The van der Waals surface area contributed by atoms with E-state index in [0.717, 1.165) is 25.7 Å². The number of carbonyl (C=O) groups excluding carboxylic acids is 1. The molecule has 0 saturated carbocycles. The zero-order valence-corrected chi connectivity index (χ0v) is 12.8. The molecule has 0 aliphatic heterocycles. The van der Waals surface area contributed by atoms with Crippen LogP contribution in [0, 0.1) is 5.82 Å². The third-order valence-corrected chi connectivity index (χ3v) is 5.08. The topological polar surface area (TPSA) is 17.1 Å². The summed E-state index contributed by atoms with van der Waals surface area (Å²) in [4.78, 5) is 12.4. The van der Waals surface area contributed by atoms with Crippen LogP contribution in [0.1, 0.15) is 15.9 Å². The Bertz CT molecular complexity index is 777. The Morgan fingerprint density at radius 2 is 1.90 bits per heavy atom. The molecular weight excluding hydrogens is 339 g/mol. The van der Waals surface area contributed by atoms with Crippen LogP contribution in [0.15, 0.2) is 52.3 Å². The average Bonchev–Trinajstić information content (AvgIpc) is 2.87. The van der Waals surface area contributed by atoms with Crippen molar-refractivity contribution in [1.82, 2.24) is 0 Å². The van der Waals surface area contributed by atoms with Crippen LogP contribution >= 0.6 is 27.3 Å². The predicted octanol–water partition coefficient (Wildman–Crippen LogP) is 5.23. The van der Waals surface area contributed by atoms with Crippen LogP contribution < -0.4 is 0 Å². The SMILES string of the molecule is O=C(Cc1ccc(F)cc1)c1csc2c(Br)cccc12. The summed E-state index contributed by atoms with van der Waals surface area (Å²) in [6.07, 6.45) is 0.290. The zero-order valence-electron chi connectivity index (χ0n) is 10.4. The summed E-state index contributed by atoms with van der Waals surface area (Å²) in [5, 5.41) is 2.86. The second kappa shape index (κ2) is 5.46. The van der Waals surface area contributed by atoms with Crippen molar-refractivity contribution in [2.45, 2.75) is 6.42 Å². The van der Waals surface area contributed by atoms with E-state index in [0.29, 0.717) is 6.42 Å². The highest BCUT2D eigenvalue weighted by atomic mass is 79.9. The lowest BCUT2D eigenvalue weighted by atomic mass is 10.0. The third-order valence-electron chi connectivity index (χ3n) is 3.13. The van der Waals surface area contributed by atoms with Gasteiger partial charge in [0.05, 0.1) is 0 Å². The van der Waals surface area contributed by atoms with Gasteiger partial charge in [-0.3, -0.25) is 4.79 Å². The first-order valence-electron chi connectivity index (χ1n) is 6.08. The van der Waals surface area contributed by atoms with Gasteiger partial charge in [-0.15, -0.1) is 11.3 Å². The number of carbonyl (C=O) groups is 1. The number of benzene rings is 2. The van der Waals surface area contributed by atoms with E-state index >= 15 is 0 Å². The Balaban J connectivity index is 1.93. The average molecular weight is 349 g/mol. The molecule has 4 heteroatoms. The molecule has 0 N–H and O–H groups in total. The standard InChI is InChI=1S/C16H10BrFOS/c17-14-3-1-2-12-13(9-20-16(12)14)15(19)8-10-4-6-11(18)7-5-10/h1-7,9H,8H2. The van der Waals surface area contributed by atoms with Gasteiger partial charge in [0.2, 0.25) is 0 Å². The second-order valence-electron chi connectivity index (χ2n) is 4.49. The van der Waals surface area contributed by atoms with E-state index in [1.165, 1.54) is 12.1 Å². The van der Waals surface area contributed by atoms with Gasteiger partial charge in [-0.1, -0.05) is 24.3 Å². The number of rotatable bonds is 3. The van der Waals surface area contributed by atoms with Crippen molar-refractivity contribution in [3.05, 3.63) is 69.3 Å². The normalized spacial score (nSPS) is 10.9. The van der Waals surface area contributed by atoms with E-state index in [9.17, 15) is 9.18 Å². The molecular formula is C16H10BrFOS. The van der Waals surface area contributed by atoms with E-state index < -0.39 is 0 Å². The minimum absolute atomic E-state index is 0.0564. The fourth-order valence-electron chi connectivity index (χ4n) is 2.12. The largest absolute Gasteiger partial charge is 0.294 e. The number of fused-ring (bicyclic) bond motifs is 1. The molecule has 100 valence electrons. The number of ketones is 1. The van der Waals surface area contributed by atoms with Crippen molar-refractivity contribution in [2.24, 2.45) is 0 Å². The fraction of sp³-hybridized carbons (Fsp3) is 0.0625. The predicted molar refractivity (Wildman–Crippen MR) is 84.0 cm³/mol. The quantitative estimate of drug-likeness (QED) is 0.592. The van der Waals surface area contributed by atoms with Gasteiger partial charge in [0.25, 0.3) is 0 Å². The fourth-order valence-corrected chi connectivity index (χ4v) is 3.75. The summed E-state index contributed by atoms with van der Waals surface area (Å²) in [5.41, 5.74) is 1.56. The molecule has 0 saturated heterocycles. The summed E-state index contributed by atoms with van der Waals surface area (Å²) in [7, 11) is 0. The first-order valence-corrected chi connectivity index (χ1v) is 7.76. The Hall–Kier alpha value is -1.52. The molecule has 0 unspecified atom stereocenters. The smallest absolute Gasteiger partial charge is 0.168 e. The highest BCUT2D eigenvalue weighted by molar-refractivity contribution is 9.10. The van der Waals surface area contributed by atoms with E-state index in [2.05, 4.69) is 15.9 Å². The van der Waals surface area contributed by atoms with E-state index in [4.69, 9.17) is 0 Å². The Labute approximate surface area is 128 Å². The molecule has 0 spiro atoms. The maximum atomic E-state index is 12.9. The van der Waals surface area contributed by atoms with Crippen LogP contribution in [0.25, 0.3) is 10.1 Å². The third kappa shape index (κ3) is 2.53. The van der Waals surface area contributed by atoms with E-state index in [1.54, 1.807) is 23.5 Å². The van der Waals surface area contributed by atoms with Crippen LogP contribution in [0.4, 0.5) is 4.39 Å². The molecule has 3 rings (SSSR count). The summed E-state index contributed by atoms with van der Waals surface area (Å²) in [5.74, 6) is -0.230. The Morgan fingerprint density at radius 3 is 2.65 bits per heavy atom. The molecule has 0 bridgehead atoms. The van der Waals surface area contributed by atoms with Gasteiger partial charge in [0.15, 0.2) is 5.78 Å². The molecule has 1 nitrogen and oxygen atoms in total.